The van der Waals surface area contributed by atoms with E-state index in [-0.39, 0.29) is 18.5 Å². The van der Waals surface area contributed by atoms with Gasteiger partial charge in [-0.2, -0.15) is 5.10 Å². The molecule has 0 N–H and O–H groups in total. The number of Topliss-reactive ketones (excluding diaryl/α,β-unsaturated/α-hetero) is 1. The highest BCUT2D eigenvalue weighted by atomic mass is 16.5. The minimum Gasteiger partial charge on any atom is -0.371 e. The molecule has 0 aliphatic heterocycles. The molecule has 1 heterocycles. The van der Waals surface area contributed by atoms with Crippen molar-refractivity contribution in [2.24, 2.45) is 7.05 Å². The van der Waals surface area contributed by atoms with Gasteiger partial charge in [0.25, 0.3) is 0 Å². The Hall–Kier alpha value is -1.16. The molecule has 84 valence electrons. The van der Waals surface area contributed by atoms with Crippen LogP contribution in [0.15, 0.2) is 12.3 Å². The number of carbonyl (C=O) groups excluding carboxylic acids is 1. The van der Waals surface area contributed by atoms with Gasteiger partial charge in [0, 0.05) is 25.4 Å². The van der Waals surface area contributed by atoms with E-state index in [1.807, 2.05) is 27.0 Å². The average Bonchev–Trinajstić information content (AvgIpc) is 2.58. The molecule has 0 fully saturated rings. The zero-order valence-corrected chi connectivity index (χ0v) is 9.56. The van der Waals surface area contributed by atoms with Crippen LogP contribution in [0.5, 0.6) is 0 Å². The first-order valence-electron chi connectivity index (χ1n) is 5.19. The lowest BCUT2D eigenvalue weighted by molar-refractivity contribution is -0.124. The molecule has 4 heteroatoms. The molecule has 0 aliphatic rings. The van der Waals surface area contributed by atoms with E-state index in [1.165, 1.54) is 0 Å². The molecule has 1 rings (SSSR count). The molecule has 0 amide bonds. The Kier molecular flexibility index (Phi) is 4.49. The van der Waals surface area contributed by atoms with Crippen molar-refractivity contribution in [1.82, 2.24) is 9.78 Å². The van der Waals surface area contributed by atoms with Crippen LogP contribution in [-0.4, -0.2) is 28.3 Å². The molecule has 0 spiro atoms. The fourth-order valence-electron chi connectivity index (χ4n) is 1.25. The van der Waals surface area contributed by atoms with Crippen LogP contribution < -0.4 is 0 Å². The number of aromatic nitrogens is 2. The summed E-state index contributed by atoms with van der Waals surface area (Å²) in [7, 11) is 1.88. The molecular formula is C11H18N2O2. The number of hydrogen-bond acceptors (Lipinski definition) is 3. The first kappa shape index (κ1) is 11.9. The van der Waals surface area contributed by atoms with E-state index < -0.39 is 0 Å². The largest absolute Gasteiger partial charge is 0.371 e. The van der Waals surface area contributed by atoms with Gasteiger partial charge >= 0.3 is 0 Å². The molecule has 1 aromatic heterocycles. The summed E-state index contributed by atoms with van der Waals surface area (Å²) in [6.07, 6.45) is 3.11. The standard InChI is InChI=1S/C11H18N2O2/c1-9(2)15-8-11(14)5-4-10-6-7-12-13(10)3/h6-7,9H,4-5,8H2,1-3H3. The van der Waals surface area contributed by atoms with Crippen LogP contribution in [0, 0.1) is 0 Å². The third-order valence-corrected chi connectivity index (χ3v) is 2.16. The van der Waals surface area contributed by atoms with Crippen molar-refractivity contribution in [3.8, 4) is 0 Å². The van der Waals surface area contributed by atoms with Crippen LogP contribution in [0.25, 0.3) is 0 Å². The van der Waals surface area contributed by atoms with Crippen LogP contribution in [0.2, 0.25) is 0 Å². The molecule has 0 unspecified atom stereocenters. The van der Waals surface area contributed by atoms with E-state index in [1.54, 1.807) is 10.9 Å². The number of carbonyl (C=O) groups is 1. The topological polar surface area (TPSA) is 44.1 Å². The second-order valence-corrected chi connectivity index (χ2v) is 3.84. The predicted octanol–water partition coefficient (Wildman–Crippen LogP) is 1.35. The summed E-state index contributed by atoms with van der Waals surface area (Å²) in [5, 5.41) is 4.04. The summed E-state index contributed by atoms with van der Waals surface area (Å²) in [5.74, 6) is 0.143. The zero-order chi connectivity index (χ0) is 11.3. The van der Waals surface area contributed by atoms with Crippen LogP contribution in [-0.2, 0) is 23.0 Å². The smallest absolute Gasteiger partial charge is 0.158 e. The number of aryl methyl sites for hydroxylation is 2. The highest BCUT2D eigenvalue weighted by Gasteiger charge is 2.06. The van der Waals surface area contributed by atoms with Crippen LogP contribution in [0.1, 0.15) is 26.0 Å². The molecule has 15 heavy (non-hydrogen) atoms. The highest BCUT2D eigenvalue weighted by molar-refractivity contribution is 5.79. The molecule has 0 atom stereocenters. The van der Waals surface area contributed by atoms with Crippen molar-refractivity contribution in [3.05, 3.63) is 18.0 Å². The lowest BCUT2D eigenvalue weighted by atomic mass is 10.2. The summed E-state index contributed by atoms with van der Waals surface area (Å²) in [6.45, 7) is 4.07. The van der Waals surface area contributed by atoms with Crippen LogP contribution >= 0.6 is 0 Å². The minimum atomic E-state index is 0.116. The van der Waals surface area contributed by atoms with E-state index in [2.05, 4.69) is 5.10 Å². The number of rotatable bonds is 6. The summed E-state index contributed by atoms with van der Waals surface area (Å²) >= 11 is 0. The van der Waals surface area contributed by atoms with Gasteiger partial charge in [-0.3, -0.25) is 9.48 Å². The van der Waals surface area contributed by atoms with Crippen LogP contribution in [0.4, 0.5) is 0 Å². The quantitative estimate of drug-likeness (QED) is 0.711. The van der Waals surface area contributed by atoms with E-state index in [0.29, 0.717) is 6.42 Å². The summed E-state index contributed by atoms with van der Waals surface area (Å²) in [6, 6.07) is 1.93. The fourth-order valence-corrected chi connectivity index (χ4v) is 1.25. The molecule has 1 aromatic rings. The third kappa shape index (κ3) is 4.25. The number of nitrogens with zero attached hydrogens (tertiary/aromatic N) is 2. The first-order chi connectivity index (χ1) is 7.09. The molecule has 4 nitrogen and oxygen atoms in total. The molecule has 0 saturated carbocycles. The summed E-state index contributed by atoms with van der Waals surface area (Å²) in [4.78, 5) is 11.4. The second-order valence-electron chi connectivity index (χ2n) is 3.84. The van der Waals surface area contributed by atoms with Crippen molar-refractivity contribution in [2.75, 3.05) is 6.61 Å². The lowest BCUT2D eigenvalue weighted by Crippen LogP contribution is -2.14. The van der Waals surface area contributed by atoms with Crippen LogP contribution in [0.3, 0.4) is 0 Å². The highest BCUT2D eigenvalue weighted by Crippen LogP contribution is 2.02. The average molecular weight is 210 g/mol. The fraction of sp³-hybridized carbons (Fsp3) is 0.636. The Morgan fingerprint density at radius 1 is 1.60 bits per heavy atom. The van der Waals surface area contributed by atoms with Gasteiger partial charge in [0.05, 0.1) is 6.10 Å². The van der Waals surface area contributed by atoms with Gasteiger partial charge in [0.1, 0.15) is 6.61 Å². The first-order valence-corrected chi connectivity index (χ1v) is 5.19. The maximum absolute atomic E-state index is 11.4. The molecule has 0 aromatic carbocycles. The molecule has 0 bridgehead atoms. The molecule has 0 radical (unpaired) electrons. The Morgan fingerprint density at radius 2 is 2.33 bits per heavy atom. The third-order valence-electron chi connectivity index (χ3n) is 2.16. The van der Waals surface area contributed by atoms with Crippen molar-refractivity contribution in [3.63, 3.8) is 0 Å². The van der Waals surface area contributed by atoms with E-state index in [4.69, 9.17) is 4.74 Å². The lowest BCUT2D eigenvalue weighted by Gasteiger charge is -2.06. The molecule has 0 saturated heterocycles. The SMILES string of the molecule is CC(C)OCC(=O)CCc1ccnn1C. The monoisotopic (exact) mass is 210 g/mol. The van der Waals surface area contributed by atoms with Gasteiger partial charge in [-0.1, -0.05) is 0 Å². The van der Waals surface area contributed by atoms with Crippen molar-refractivity contribution in [1.29, 1.82) is 0 Å². The van der Waals surface area contributed by atoms with Gasteiger partial charge in [-0.05, 0) is 26.3 Å². The van der Waals surface area contributed by atoms with Gasteiger partial charge in [-0.25, -0.2) is 0 Å². The number of ether oxygens (including phenoxy) is 1. The molecule has 0 aliphatic carbocycles. The predicted molar refractivity (Wildman–Crippen MR) is 57.6 cm³/mol. The van der Waals surface area contributed by atoms with Crippen molar-refractivity contribution < 1.29 is 9.53 Å². The Bertz CT molecular complexity index is 318. The number of hydrogen-bond donors (Lipinski definition) is 0. The molecular weight excluding hydrogens is 192 g/mol. The number of ketones is 1. The maximum atomic E-state index is 11.4. The van der Waals surface area contributed by atoms with Gasteiger partial charge in [0.15, 0.2) is 5.78 Å². The normalized spacial score (nSPS) is 10.9. The minimum absolute atomic E-state index is 0.116. The Balaban J connectivity index is 2.26. The zero-order valence-electron chi connectivity index (χ0n) is 9.56. The summed E-state index contributed by atoms with van der Waals surface area (Å²) in [5.41, 5.74) is 1.08. The summed E-state index contributed by atoms with van der Waals surface area (Å²) < 4.78 is 7.02. The van der Waals surface area contributed by atoms with Gasteiger partial charge in [-0.15, -0.1) is 0 Å². The van der Waals surface area contributed by atoms with Crippen molar-refractivity contribution in [2.45, 2.75) is 32.8 Å². The van der Waals surface area contributed by atoms with Gasteiger partial charge < -0.3 is 4.74 Å². The van der Waals surface area contributed by atoms with Crippen molar-refractivity contribution >= 4 is 5.78 Å². The van der Waals surface area contributed by atoms with E-state index in [9.17, 15) is 4.79 Å². The Labute approximate surface area is 90.2 Å². The Morgan fingerprint density at radius 3 is 2.87 bits per heavy atom. The van der Waals surface area contributed by atoms with E-state index in [0.717, 1.165) is 12.1 Å². The van der Waals surface area contributed by atoms with Gasteiger partial charge in [0.2, 0.25) is 0 Å². The maximum Gasteiger partial charge on any atom is 0.158 e. The second kappa shape index (κ2) is 5.66. The van der Waals surface area contributed by atoms with E-state index >= 15 is 0 Å².